The molecule has 4 rings (SSSR count). The molecule has 1 aromatic carbocycles. The summed E-state index contributed by atoms with van der Waals surface area (Å²) in [4.78, 5) is 22.1. The van der Waals surface area contributed by atoms with Gasteiger partial charge in [0.25, 0.3) is 5.91 Å². The average molecular weight is 382 g/mol. The van der Waals surface area contributed by atoms with Gasteiger partial charge in [0.15, 0.2) is 11.8 Å². The summed E-state index contributed by atoms with van der Waals surface area (Å²) in [5, 5.41) is 11.8. The normalized spacial score (nSPS) is 23.4. The smallest absolute Gasteiger partial charge is 0.255 e. The van der Waals surface area contributed by atoms with Crippen molar-refractivity contribution in [2.75, 3.05) is 18.4 Å². The third-order valence-electron chi connectivity index (χ3n) is 5.01. The number of amidine groups is 1. The van der Waals surface area contributed by atoms with Gasteiger partial charge in [-0.25, -0.2) is 18.8 Å². The lowest BCUT2D eigenvalue weighted by Crippen LogP contribution is -2.59. The maximum Gasteiger partial charge on any atom is 0.255 e. The number of nitrogens with zero attached hydrogens (tertiary/aromatic N) is 4. The molecule has 142 valence electrons. The number of anilines is 1. The van der Waals surface area contributed by atoms with E-state index in [1.807, 2.05) is 6.07 Å². The number of rotatable bonds is 1. The molecule has 0 aliphatic carbocycles. The topological polar surface area (TPSA) is 107 Å². The van der Waals surface area contributed by atoms with E-state index >= 15 is 4.39 Å². The number of likely N-dealkylation sites (tertiary alicyclic amines) is 1. The number of fused-ring (bicyclic) bond motifs is 1. The van der Waals surface area contributed by atoms with Gasteiger partial charge in [0, 0.05) is 24.8 Å². The van der Waals surface area contributed by atoms with E-state index in [9.17, 15) is 9.18 Å². The summed E-state index contributed by atoms with van der Waals surface area (Å²) >= 11 is 0. The highest BCUT2D eigenvalue weighted by atomic mass is 19.1. The SMILES string of the molecule is N#Cc1ccc(C(=O)N2CC[C@]3(N=C(N)c4c(F)cccc4N3)[C@@H](F)C2)cn1. The Bertz CT molecular complexity index is 1020. The molecule has 1 saturated heterocycles. The number of carbonyl (C=O) groups excluding carboxylic acids is 1. The van der Waals surface area contributed by atoms with Crippen LogP contribution in [-0.4, -0.2) is 46.6 Å². The number of aliphatic imine (C=N–C) groups is 1. The molecule has 2 atom stereocenters. The number of pyridine rings is 1. The van der Waals surface area contributed by atoms with E-state index in [2.05, 4.69) is 15.3 Å². The number of hydrogen-bond acceptors (Lipinski definition) is 6. The van der Waals surface area contributed by atoms with Crippen LogP contribution in [0.1, 0.15) is 28.0 Å². The number of nitrogens with one attached hydrogen (secondary N) is 1. The van der Waals surface area contributed by atoms with Gasteiger partial charge in [0.2, 0.25) is 0 Å². The summed E-state index contributed by atoms with van der Waals surface area (Å²) in [6, 6.07) is 9.19. The van der Waals surface area contributed by atoms with Gasteiger partial charge in [0.1, 0.15) is 23.4 Å². The monoisotopic (exact) mass is 382 g/mol. The summed E-state index contributed by atoms with van der Waals surface area (Å²) in [6.07, 6.45) is -0.0845. The van der Waals surface area contributed by atoms with Gasteiger partial charge < -0.3 is 16.0 Å². The number of carbonyl (C=O) groups is 1. The molecular formula is C19H16F2N6O. The number of alkyl halides is 1. The predicted molar refractivity (Wildman–Crippen MR) is 97.8 cm³/mol. The van der Waals surface area contributed by atoms with Crippen molar-refractivity contribution in [3.05, 3.63) is 59.2 Å². The first-order valence-electron chi connectivity index (χ1n) is 8.65. The fraction of sp³-hybridized carbons (Fsp3) is 0.263. The molecule has 9 heteroatoms. The van der Waals surface area contributed by atoms with Crippen molar-refractivity contribution in [1.82, 2.24) is 9.88 Å². The minimum Gasteiger partial charge on any atom is -0.383 e. The van der Waals surface area contributed by atoms with Crippen LogP contribution >= 0.6 is 0 Å². The van der Waals surface area contributed by atoms with Crippen LogP contribution in [0, 0.1) is 17.1 Å². The minimum absolute atomic E-state index is 0.0643. The third-order valence-corrected chi connectivity index (χ3v) is 5.01. The zero-order valence-electron chi connectivity index (χ0n) is 14.7. The first-order valence-corrected chi connectivity index (χ1v) is 8.65. The van der Waals surface area contributed by atoms with Crippen LogP contribution in [0.25, 0.3) is 0 Å². The number of nitrogens with two attached hydrogens (primary N) is 1. The number of piperidine rings is 1. The Kier molecular flexibility index (Phi) is 4.19. The molecule has 2 aromatic rings. The molecule has 3 N–H and O–H groups in total. The molecule has 1 spiro atoms. The third kappa shape index (κ3) is 2.83. The molecule has 3 heterocycles. The zero-order chi connectivity index (χ0) is 19.9. The fourth-order valence-corrected chi connectivity index (χ4v) is 3.54. The van der Waals surface area contributed by atoms with E-state index in [-0.39, 0.29) is 48.1 Å². The Hall–Kier alpha value is -3.54. The van der Waals surface area contributed by atoms with E-state index < -0.39 is 17.7 Å². The van der Waals surface area contributed by atoms with E-state index in [0.717, 1.165) is 0 Å². The van der Waals surface area contributed by atoms with Gasteiger partial charge >= 0.3 is 0 Å². The Balaban J connectivity index is 1.55. The maximum absolute atomic E-state index is 15.2. The van der Waals surface area contributed by atoms with Crippen LogP contribution in [0.5, 0.6) is 0 Å². The molecule has 1 amide bonds. The average Bonchev–Trinajstić information content (AvgIpc) is 2.69. The second kappa shape index (κ2) is 6.56. The van der Waals surface area contributed by atoms with E-state index in [1.165, 1.54) is 35.4 Å². The van der Waals surface area contributed by atoms with Crippen LogP contribution in [0.15, 0.2) is 41.5 Å². The summed E-state index contributed by atoms with van der Waals surface area (Å²) in [5.41, 5.74) is 5.55. The van der Waals surface area contributed by atoms with Crippen LogP contribution in [0.2, 0.25) is 0 Å². The first-order chi connectivity index (χ1) is 13.4. The number of aromatic nitrogens is 1. The molecule has 2 aliphatic rings. The Morgan fingerprint density at radius 2 is 2.21 bits per heavy atom. The predicted octanol–water partition coefficient (Wildman–Crippen LogP) is 1.80. The summed E-state index contributed by atoms with van der Waals surface area (Å²) in [6.45, 7) is 0.0287. The van der Waals surface area contributed by atoms with Gasteiger partial charge in [-0.15, -0.1) is 0 Å². The molecule has 28 heavy (non-hydrogen) atoms. The van der Waals surface area contributed by atoms with Crippen LogP contribution in [0.4, 0.5) is 14.5 Å². The molecule has 0 radical (unpaired) electrons. The van der Waals surface area contributed by atoms with Gasteiger partial charge in [-0.1, -0.05) is 6.07 Å². The van der Waals surface area contributed by atoms with E-state index in [0.29, 0.717) is 5.69 Å². The highest BCUT2D eigenvalue weighted by Gasteiger charge is 2.47. The fourth-order valence-electron chi connectivity index (χ4n) is 3.54. The van der Waals surface area contributed by atoms with E-state index in [1.54, 1.807) is 6.07 Å². The molecular weight excluding hydrogens is 366 g/mol. The Labute approximate surface area is 159 Å². The number of halogens is 2. The highest BCUT2D eigenvalue weighted by molar-refractivity contribution is 6.04. The number of amides is 1. The number of nitriles is 1. The van der Waals surface area contributed by atoms with Crippen LogP contribution < -0.4 is 11.1 Å². The summed E-state index contributed by atoms with van der Waals surface area (Å²) in [7, 11) is 0. The lowest BCUT2D eigenvalue weighted by molar-refractivity contribution is 0.0494. The Morgan fingerprint density at radius 3 is 2.89 bits per heavy atom. The maximum atomic E-state index is 15.2. The van der Waals surface area contributed by atoms with Crippen molar-refractivity contribution >= 4 is 17.4 Å². The van der Waals surface area contributed by atoms with Gasteiger partial charge in [-0.3, -0.25) is 4.79 Å². The zero-order valence-corrected chi connectivity index (χ0v) is 14.7. The molecule has 0 unspecified atom stereocenters. The van der Waals surface area contributed by atoms with Crippen molar-refractivity contribution in [2.45, 2.75) is 18.3 Å². The quantitative estimate of drug-likeness (QED) is 0.782. The molecule has 0 saturated carbocycles. The van der Waals surface area contributed by atoms with Crippen molar-refractivity contribution in [3.8, 4) is 6.07 Å². The van der Waals surface area contributed by atoms with Crippen molar-refractivity contribution < 1.29 is 13.6 Å². The van der Waals surface area contributed by atoms with Crippen LogP contribution in [0.3, 0.4) is 0 Å². The minimum atomic E-state index is -1.55. The lowest BCUT2D eigenvalue weighted by atomic mass is 9.91. The second-order valence-electron chi connectivity index (χ2n) is 6.72. The van der Waals surface area contributed by atoms with Crippen molar-refractivity contribution in [1.29, 1.82) is 5.26 Å². The summed E-state index contributed by atoms with van der Waals surface area (Å²) in [5.74, 6) is -0.975. The number of benzene rings is 1. The highest BCUT2D eigenvalue weighted by Crippen LogP contribution is 2.36. The molecule has 7 nitrogen and oxygen atoms in total. The van der Waals surface area contributed by atoms with Crippen LogP contribution in [-0.2, 0) is 0 Å². The Morgan fingerprint density at radius 1 is 1.39 bits per heavy atom. The van der Waals surface area contributed by atoms with Gasteiger partial charge in [-0.2, -0.15) is 5.26 Å². The molecule has 0 bridgehead atoms. The largest absolute Gasteiger partial charge is 0.383 e. The first kappa shape index (κ1) is 17.9. The molecule has 2 aliphatic heterocycles. The summed E-state index contributed by atoms with van der Waals surface area (Å²) < 4.78 is 29.2. The lowest BCUT2D eigenvalue weighted by Gasteiger charge is -2.44. The standard InChI is InChI=1S/C19H16F2N6O/c20-13-2-1-3-14-16(13)17(23)26-19(25-14)6-7-27(10-15(19)21)18(28)11-4-5-12(8-22)24-9-11/h1-5,9,15,25H,6-7,10H2,(H2,23,26)/t15-,19-/m0/s1. The molecule has 1 aromatic heterocycles. The van der Waals surface area contributed by atoms with E-state index in [4.69, 9.17) is 11.0 Å². The van der Waals surface area contributed by atoms with Crippen molar-refractivity contribution in [3.63, 3.8) is 0 Å². The molecule has 1 fully saturated rings. The number of hydrogen-bond donors (Lipinski definition) is 2. The van der Waals surface area contributed by atoms with Gasteiger partial charge in [-0.05, 0) is 24.3 Å². The second-order valence-corrected chi connectivity index (χ2v) is 6.72. The van der Waals surface area contributed by atoms with Crippen molar-refractivity contribution in [2.24, 2.45) is 10.7 Å². The van der Waals surface area contributed by atoms with Gasteiger partial charge in [0.05, 0.1) is 17.7 Å².